The minimum absolute atomic E-state index is 0.888. The van der Waals surface area contributed by atoms with E-state index in [2.05, 4.69) is 4.74 Å². The molecule has 0 aromatic carbocycles. The fraction of sp³-hybridized carbons (Fsp3) is 1.00. The van der Waals surface area contributed by atoms with Gasteiger partial charge in [0, 0.05) is 7.11 Å². The van der Waals surface area contributed by atoms with Crippen LogP contribution in [0.5, 0.6) is 0 Å². The molecule has 0 N–H and O–H groups in total. The summed E-state index contributed by atoms with van der Waals surface area (Å²) < 4.78 is 62.0. The lowest BCUT2D eigenvalue weighted by molar-refractivity contribution is -0.200. The van der Waals surface area contributed by atoms with Gasteiger partial charge in [0.2, 0.25) is 6.17 Å². The van der Waals surface area contributed by atoms with Gasteiger partial charge in [-0.25, -0.2) is 8.78 Å². The summed E-state index contributed by atoms with van der Waals surface area (Å²) in [4.78, 5) is 0. The average Bonchev–Trinajstić information content (AvgIpc) is 1.85. The maximum Gasteiger partial charge on any atom is 0.422 e. The van der Waals surface area contributed by atoms with Crippen molar-refractivity contribution in [1.82, 2.24) is 0 Å². The molecule has 2 unspecified atom stereocenters. The molecule has 0 radical (unpaired) electrons. The van der Waals surface area contributed by atoms with Crippen LogP contribution in [0.25, 0.3) is 0 Å². The van der Waals surface area contributed by atoms with Crippen molar-refractivity contribution >= 4 is 0 Å². The number of halogens is 5. The van der Waals surface area contributed by atoms with Gasteiger partial charge in [0.25, 0.3) is 0 Å². The minimum atomic E-state index is -5.14. The Kier molecular flexibility index (Phi) is 3.71. The third kappa shape index (κ3) is 3.50. The molecule has 0 aromatic rings. The smallest absolute Gasteiger partial charge is 0.382 e. The van der Waals surface area contributed by atoms with Crippen LogP contribution in [0.1, 0.15) is 0 Å². The van der Waals surface area contributed by atoms with Gasteiger partial charge in [-0.2, -0.15) is 13.2 Å². The number of ether oxygens (including phenoxy) is 1. The summed E-state index contributed by atoms with van der Waals surface area (Å²) in [6.45, 7) is -0.888. The minimum Gasteiger partial charge on any atom is -0.382 e. The molecule has 0 amide bonds. The zero-order valence-electron chi connectivity index (χ0n) is 5.66. The van der Waals surface area contributed by atoms with Gasteiger partial charge in [-0.05, 0) is 0 Å². The van der Waals surface area contributed by atoms with Gasteiger partial charge in [-0.3, -0.25) is 0 Å². The van der Waals surface area contributed by atoms with Crippen molar-refractivity contribution in [2.45, 2.75) is 18.5 Å². The Balaban J connectivity index is 3.91. The van der Waals surface area contributed by atoms with Gasteiger partial charge in [-0.15, -0.1) is 0 Å². The largest absolute Gasteiger partial charge is 0.422 e. The second kappa shape index (κ2) is 3.85. The van der Waals surface area contributed by atoms with Crippen molar-refractivity contribution < 1.29 is 26.7 Å². The molecule has 11 heavy (non-hydrogen) atoms. The number of hydrogen-bond donors (Lipinski definition) is 0. The van der Waals surface area contributed by atoms with E-state index in [1.54, 1.807) is 0 Å². The Morgan fingerprint density at radius 2 is 1.73 bits per heavy atom. The Bertz CT molecular complexity index is 112. The van der Waals surface area contributed by atoms with E-state index in [0.717, 1.165) is 7.11 Å². The van der Waals surface area contributed by atoms with Crippen molar-refractivity contribution in [3.63, 3.8) is 0 Å². The van der Waals surface area contributed by atoms with Gasteiger partial charge >= 0.3 is 6.18 Å². The molecule has 0 bridgehead atoms. The quantitative estimate of drug-likeness (QED) is 0.599. The van der Waals surface area contributed by atoms with Crippen LogP contribution in [-0.2, 0) is 4.74 Å². The van der Waals surface area contributed by atoms with E-state index in [-0.39, 0.29) is 0 Å². The van der Waals surface area contributed by atoms with E-state index < -0.39 is 25.1 Å². The molecule has 68 valence electrons. The van der Waals surface area contributed by atoms with Gasteiger partial charge in [0.1, 0.15) is 0 Å². The summed E-state index contributed by atoms with van der Waals surface area (Å²) in [5.74, 6) is 0. The number of rotatable bonds is 3. The lowest BCUT2D eigenvalue weighted by Crippen LogP contribution is -2.35. The normalized spacial score (nSPS) is 18.0. The van der Waals surface area contributed by atoms with Crippen molar-refractivity contribution in [3.05, 3.63) is 0 Å². The van der Waals surface area contributed by atoms with E-state index in [9.17, 15) is 22.0 Å². The summed E-state index contributed by atoms with van der Waals surface area (Å²) >= 11 is 0. The Morgan fingerprint density at radius 1 is 1.27 bits per heavy atom. The lowest BCUT2D eigenvalue weighted by Gasteiger charge is -2.15. The van der Waals surface area contributed by atoms with Gasteiger partial charge in [0.15, 0.2) is 6.17 Å². The highest BCUT2D eigenvalue weighted by atomic mass is 19.4. The van der Waals surface area contributed by atoms with E-state index >= 15 is 0 Å². The Morgan fingerprint density at radius 3 is 2.00 bits per heavy atom. The Labute approximate surface area is 60.1 Å². The molecule has 0 rings (SSSR count). The summed E-state index contributed by atoms with van der Waals surface area (Å²) in [7, 11) is 0.996. The van der Waals surface area contributed by atoms with Crippen LogP contribution in [0.3, 0.4) is 0 Å². The van der Waals surface area contributed by atoms with E-state index in [1.807, 2.05) is 0 Å². The van der Waals surface area contributed by atoms with Crippen LogP contribution in [0.15, 0.2) is 0 Å². The van der Waals surface area contributed by atoms with Crippen molar-refractivity contribution in [3.8, 4) is 0 Å². The molecule has 0 fully saturated rings. The predicted molar refractivity (Wildman–Crippen MR) is 27.7 cm³/mol. The standard InChI is InChI=1S/C5H7F5O/c1-11-2-3(6)4(7)5(8,9)10/h3-4H,2H2,1H3. The van der Waals surface area contributed by atoms with Crippen molar-refractivity contribution in [2.75, 3.05) is 13.7 Å². The topological polar surface area (TPSA) is 9.23 Å². The van der Waals surface area contributed by atoms with Crippen molar-refractivity contribution in [2.24, 2.45) is 0 Å². The first kappa shape index (κ1) is 10.6. The molecule has 0 heterocycles. The zero-order valence-corrected chi connectivity index (χ0v) is 5.66. The van der Waals surface area contributed by atoms with Crippen LogP contribution < -0.4 is 0 Å². The highest BCUT2D eigenvalue weighted by Gasteiger charge is 2.45. The van der Waals surface area contributed by atoms with Crippen LogP contribution in [0.4, 0.5) is 22.0 Å². The molecule has 6 heteroatoms. The third-order valence-corrected chi connectivity index (χ3v) is 0.956. The SMILES string of the molecule is COCC(F)C(F)C(F)(F)F. The van der Waals surface area contributed by atoms with E-state index in [4.69, 9.17) is 0 Å². The zero-order chi connectivity index (χ0) is 9.07. The van der Waals surface area contributed by atoms with Gasteiger partial charge in [0.05, 0.1) is 6.61 Å². The molecule has 0 aliphatic carbocycles. The first-order chi connectivity index (χ1) is 4.89. The fourth-order valence-corrected chi connectivity index (χ4v) is 0.449. The van der Waals surface area contributed by atoms with Crippen LogP contribution in [-0.4, -0.2) is 32.2 Å². The maximum atomic E-state index is 12.1. The summed E-state index contributed by atoms with van der Waals surface area (Å²) in [5.41, 5.74) is 0. The van der Waals surface area contributed by atoms with Crippen LogP contribution in [0, 0.1) is 0 Å². The second-order valence-electron chi connectivity index (χ2n) is 1.91. The molecule has 0 saturated heterocycles. The summed E-state index contributed by atoms with van der Waals surface area (Å²) in [5, 5.41) is 0. The molecule has 0 spiro atoms. The first-order valence-corrected chi connectivity index (χ1v) is 2.73. The van der Waals surface area contributed by atoms with Crippen LogP contribution >= 0.6 is 0 Å². The molecule has 0 aromatic heterocycles. The molecular formula is C5H7F5O. The first-order valence-electron chi connectivity index (χ1n) is 2.73. The lowest BCUT2D eigenvalue weighted by atomic mass is 10.2. The van der Waals surface area contributed by atoms with Crippen molar-refractivity contribution in [1.29, 1.82) is 0 Å². The van der Waals surface area contributed by atoms with Gasteiger partial charge in [-0.1, -0.05) is 0 Å². The monoisotopic (exact) mass is 178 g/mol. The fourth-order valence-electron chi connectivity index (χ4n) is 0.449. The molecular weight excluding hydrogens is 171 g/mol. The third-order valence-electron chi connectivity index (χ3n) is 0.956. The van der Waals surface area contributed by atoms with E-state index in [1.165, 1.54) is 0 Å². The number of methoxy groups -OCH3 is 1. The maximum absolute atomic E-state index is 12.1. The Hall–Kier alpha value is -0.390. The van der Waals surface area contributed by atoms with Crippen LogP contribution in [0.2, 0.25) is 0 Å². The van der Waals surface area contributed by atoms with E-state index in [0.29, 0.717) is 0 Å². The summed E-state index contributed by atoms with van der Waals surface area (Å²) in [6.07, 6.45) is -11.2. The van der Waals surface area contributed by atoms with Gasteiger partial charge < -0.3 is 4.74 Å². The number of hydrogen-bond acceptors (Lipinski definition) is 1. The summed E-state index contributed by atoms with van der Waals surface area (Å²) in [6, 6.07) is 0. The molecule has 2 atom stereocenters. The highest BCUT2D eigenvalue weighted by Crippen LogP contribution is 2.26. The number of alkyl halides is 5. The molecule has 0 aliphatic rings. The molecule has 1 nitrogen and oxygen atoms in total. The predicted octanol–water partition coefficient (Wildman–Crippen LogP) is 1.87. The highest BCUT2D eigenvalue weighted by molar-refractivity contribution is 4.74. The second-order valence-corrected chi connectivity index (χ2v) is 1.91. The molecule has 0 aliphatic heterocycles. The molecule has 0 saturated carbocycles. The average molecular weight is 178 g/mol.